The molecule has 20 heavy (non-hydrogen) atoms. The quantitative estimate of drug-likeness (QED) is 0.791. The molecule has 1 aliphatic carbocycles. The van der Waals surface area contributed by atoms with Crippen LogP contribution in [0.25, 0.3) is 0 Å². The van der Waals surface area contributed by atoms with E-state index in [4.69, 9.17) is 11.6 Å². The molecule has 0 aliphatic heterocycles. The third kappa shape index (κ3) is 4.15. The maximum atomic E-state index is 11.9. The highest BCUT2D eigenvalue weighted by Crippen LogP contribution is 2.28. The fraction of sp³-hybridized carbons (Fsp3) is 0.600. The molecule has 1 aliphatic rings. The molecule has 114 valence electrons. The highest BCUT2D eigenvalue weighted by Gasteiger charge is 2.34. The second-order valence-corrected chi connectivity index (χ2v) is 10.2. The number of thiophene rings is 1. The maximum absolute atomic E-state index is 11.9. The van der Waals surface area contributed by atoms with Crippen LogP contribution in [0.5, 0.6) is 0 Å². The molecule has 0 saturated heterocycles. The van der Waals surface area contributed by atoms with Crippen LogP contribution in [0, 0.1) is 0 Å². The lowest BCUT2D eigenvalue weighted by molar-refractivity contribution is 0.410. The van der Waals surface area contributed by atoms with Gasteiger partial charge in [-0.1, -0.05) is 11.6 Å². The van der Waals surface area contributed by atoms with Crippen molar-refractivity contribution in [2.75, 3.05) is 19.3 Å². The standard InChI is InChI=1S/C10H15ClN2O4S3/c1-19(14,15)13(8-2-3-8)7-6-12-20(16,17)10-5-4-9(11)18-10/h4-5,8,12H,2-3,6-7H2,1H3. The van der Waals surface area contributed by atoms with Crippen LogP contribution in [0.4, 0.5) is 0 Å². The average Bonchev–Trinajstić information content (AvgIpc) is 3.04. The predicted octanol–water partition coefficient (Wildman–Crippen LogP) is 1.10. The van der Waals surface area contributed by atoms with E-state index in [1.807, 2.05) is 0 Å². The van der Waals surface area contributed by atoms with Gasteiger partial charge in [0.2, 0.25) is 20.0 Å². The van der Waals surface area contributed by atoms with Crippen LogP contribution >= 0.6 is 22.9 Å². The first-order chi connectivity index (χ1) is 9.20. The van der Waals surface area contributed by atoms with Crippen LogP contribution in [-0.2, 0) is 20.0 Å². The van der Waals surface area contributed by atoms with E-state index in [2.05, 4.69) is 4.72 Å². The van der Waals surface area contributed by atoms with Crippen LogP contribution < -0.4 is 4.72 Å². The van der Waals surface area contributed by atoms with Crippen molar-refractivity contribution >= 4 is 43.0 Å². The number of hydrogen-bond acceptors (Lipinski definition) is 5. The van der Waals surface area contributed by atoms with Gasteiger partial charge >= 0.3 is 0 Å². The molecule has 0 aromatic carbocycles. The van der Waals surface area contributed by atoms with Crippen molar-refractivity contribution < 1.29 is 16.8 Å². The zero-order chi connectivity index (χ0) is 15.0. The van der Waals surface area contributed by atoms with Crippen LogP contribution in [0.2, 0.25) is 4.34 Å². The molecule has 1 saturated carbocycles. The zero-order valence-corrected chi connectivity index (χ0v) is 13.9. The molecule has 10 heteroatoms. The Labute approximate surface area is 127 Å². The molecule has 0 unspecified atom stereocenters. The molecule has 1 aromatic heterocycles. The van der Waals surface area contributed by atoms with Gasteiger partial charge in [0.1, 0.15) is 4.21 Å². The van der Waals surface area contributed by atoms with Gasteiger partial charge in [-0.25, -0.2) is 21.6 Å². The lowest BCUT2D eigenvalue weighted by Gasteiger charge is -2.19. The maximum Gasteiger partial charge on any atom is 0.250 e. The van der Waals surface area contributed by atoms with Crippen LogP contribution in [0.15, 0.2) is 16.3 Å². The van der Waals surface area contributed by atoms with Crippen molar-refractivity contribution in [2.45, 2.75) is 23.1 Å². The Morgan fingerprint density at radius 1 is 1.35 bits per heavy atom. The molecule has 6 nitrogen and oxygen atoms in total. The van der Waals surface area contributed by atoms with Crippen LogP contribution in [-0.4, -0.2) is 46.5 Å². The first kappa shape index (κ1) is 16.2. The zero-order valence-electron chi connectivity index (χ0n) is 10.7. The van der Waals surface area contributed by atoms with Gasteiger partial charge in [0.25, 0.3) is 0 Å². The molecule has 0 atom stereocenters. The van der Waals surface area contributed by atoms with Gasteiger partial charge in [-0.3, -0.25) is 0 Å². The molecular formula is C10H15ClN2O4S3. The monoisotopic (exact) mass is 358 g/mol. The summed E-state index contributed by atoms with van der Waals surface area (Å²) in [6.07, 6.45) is 2.81. The van der Waals surface area contributed by atoms with Crippen molar-refractivity contribution in [3.63, 3.8) is 0 Å². The number of rotatable bonds is 7. The van der Waals surface area contributed by atoms with Gasteiger partial charge in [0.15, 0.2) is 0 Å². The number of nitrogens with zero attached hydrogens (tertiary/aromatic N) is 1. The molecular weight excluding hydrogens is 344 g/mol. The Hall–Kier alpha value is -0.190. The van der Waals surface area contributed by atoms with Crippen molar-refractivity contribution in [3.05, 3.63) is 16.5 Å². The summed E-state index contributed by atoms with van der Waals surface area (Å²) in [5.74, 6) is 0. The smallest absolute Gasteiger partial charge is 0.212 e. The van der Waals surface area contributed by atoms with E-state index < -0.39 is 20.0 Å². The van der Waals surface area contributed by atoms with E-state index in [9.17, 15) is 16.8 Å². The second-order valence-electron chi connectivity index (χ2n) is 4.56. The summed E-state index contributed by atoms with van der Waals surface area (Å²) in [5.41, 5.74) is 0. The number of halogens is 1. The Morgan fingerprint density at radius 2 is 2.00 bits per heavy atom. The van der Waals surface area contributed by atoms with Crippen LogP contribution in [0.3, 0.4) is 0 Å². The third-order valence-electron chi connectivity index (χ3n) is 2.82. The average molecular weight is 359 g/mol. The van der Waals surface area contributed by atoms with Crippen molar-refractivity contribution in [1.82, 2.24) is 9.03 Å². The Morgan fingerprint density at radius 3 is 2.45 bits per heavy atom. The Bertz CT molecular complexity index is 679. The molecule has 0 bridgehead atoms. The van der Waals surface area contributed by atoms with E-state index in [-0.39, 0.29) is 23.3 Å². The van der Waals surface area contributed by atoms with Gasteiger partial charge in [-0.2, -0.15) is 4.31 Å². The molecule has 0 radical (unpaired) electrons. The summed E-state index contributed by atoms with van der Waals surface area (Å²) >= 11 is 6.66. The molecule has 1 N–H and O–H groups in total. The van der Waals surface area contributed by atoms with E-state index >= 15 is 0 Å². The minimum Gasteiger partial charge on any atom is -0.212 e. The first-order valence-corrected chi connectivity index (χ1v) is 10.4. The SMILES string of the molecule is CS(=O)(=O)N(CCNS(=O)(=O)c1ccc(Cl)s1)C1CC1. The minimum atomic E-state index is -3.62. The van der Waals surface area contributed by atoms with Gasteiger partial charge in [-0.15, -0.1) is 11.3 Å². The molecule has 0 amide bonds. The fourth-order valence-corrected chi connectivity index (χ4v) is 5.51. The summed E-state index contributed by atoms with van der Waals surface area (Å²) in [5, 5.41) is 0. The summed E-state index contributed by atoms with van der Waals surface area (Å²) < 4.78 is 51.3. The fourth-order valence-electron chi connectivity index (χ4n) is 1.79. The van der Waals surface area contributed by atoms with E-state index in [0.717, 1.165) is 30.4 Å². The van der Waals surface area contributed by atoms with Gasteiger partial charge in [0, 0.05) is 19.1 Å². The van der Waals surface area contributed by atoms with Gasteiger partial charge < -0.3 is 0 Å². The second kappa shape index (κ2) is 5.90. The lowest BCUT2D eigenvalue weighted by atomic mass is 10.6. The van der Waals surface area contributed by atoms with E-state index in [0.29, 0.717) is 4.34 Å². The molecule has 0 spiro atoms. The van der Waals surface area contributed by atoms with E-state index in [1.54, 1.807) is 0 Å². The highest BCUT2D eigenvalue weighted by molar-refractivity contribution is 7.91. The lowest BCUT2D eigenvalue weighted by Crippen LogP contribution is -2.39. The first-order valence-electron chi connectivity index (χ1n) is 5.92. The van der Waals surface area contributed by atoms with Crippen LogP contribution in [0.1, 0.15) is 12.8 Å². The largest absolute Gasteiger partial charge is 0.250 e. The molecule has 1 heterocycles. The molecule has 1 fully saturated rings. The summed E-state index contributed by atoms with van der Waals surface area (Å²) in [6, 6.07) is 2.95. The number of nitrogens with one attached hydrogen (secondary N) is 1. The van der Waals surface area contributed by atoms with E-state index in [1.165, 1.54) is 16.4 Å². The summed E-state index contributed by atoms with van der Waals surface area (Å²) in [6.45, 7) is 0.184. The normalized spacial score (nSPS) is 16.8. The Kier molecular flexibility index (Phi) is 4.77. The van der Waals surface area contributed by atoms with Crippen molar-refractivity contribution in [2.24, 2.45) is 0 Å². The third-order valence-corrected chi connectivity index (χ3v) is 7.33. The summed E-state index contributed by atoms with van der Waals surface area (Å²) in [4.78, 5) is 0. The number of sulfonamides is 2. The van der Waals surface area contributed by atoms with Crippen molar-refractivity contribution in [1.29, 1.82) is 0 Å². The molecule has 2 rings (SSSR count). The highest BCUT2D eigenvalue weighted by atomic mass is 35.5. The topological polar surface area (TPSA) is 83.6 Å². The Balaban J connectivity index is 1.95. The van der Waals surface area contributed by atoms with Gasteiger partial charge in [-0.05, 0) is 25.0 Å². The van der Waals surface area contributed by atoms with Gasteiger partial charge in [0.05, 0.1) is 10.6 Å². The number of hydrogen-bond donors (Lipinski definition) is 1. The van der Waals surface area contributed by atoms with Crippen molar-refractivity contribution in [3.8, 4) is 0 Å². The summed E-state index contributed by atoms with van der Waals surface area (Å²) in [7, 11) is -6.92. The predicted molar refractivity (Wildman–Crippen MR) is 79.1 cm³/mol. The molecule has 1 aromatic rings. The minimum absolute atomic E-state index is 0.0192.